The molecule has 1 heterocycles. The molecule has 5 heteroatoms. The second-order valence-corrected chi connectivity index (χ2v) is 3.93. The molecule has 84 valence electrons. The molecule has 1 N–H and O–H groups in total. The summed E-state index contributed by atoms with van der Waals surface area (Å²) in [6, 6.07) is 1.60. The van der Waals surface area contributed by atoms with Gasteiger partial charge < -0.3 is 9.52 Å². The number of fused-ring (bicyclic) bond motifs is 1. The fourth-order valence-corrected chi connectivity index (χ4v) is 1.98. The van der Waals surface area contributed by atoms with Crippen LogP contribution in [0.4, 0.5) is 13.2 Å². The largest absolute Gasteiger partial charge is 0.466 e. The lowest BCUT2D eigenvalue weighted by molar-refractivity contribution is -0.185. The third-order valence-electron chi connectivity index (χ3n) is 2.73. The number of aliphatic hydroxyl groups is 1. The number of furan rings is 1. The monoisotopic (exact) mass is 220 g/mol. The molecule has 2 atom stereocenters. The molecule has 0 aliphatic heterocycles. The van der Waals surface area contributed by atoms with Crippen molar-refractivity contribution in [1.82, 2.24) is 0 Å². The quantitative estimate of drug-likeness (QED) is 0.729. The van der Waals surface area contributed by atoms with Crippen LogP contribution in [0.1, 0.15) is 29.6 Å². The molecule has 0 saturated heterocycles. The van der Waals surface area contributed by atoms with Crippen molar-refractivity contribution >= 4 is 0 Å². The second kappa shape index (κ2) is 3.27. The minimum Gasteiger partial charge on any atom is -0.466 e. The zero-order valence-electron chi connectivity index (χ0n) is 8.14. The van der Waals surface area contributed by atoms with Crippen molar-refractivity contribution < 1.29 is 22.7 Å². The Labute approximate surface area is 84.7 Å². The predicted molar refractivity (Wildman–Crippen MR) is 46.3 cm³/mol. The molecule has 1 aromatic rings. The number of hydrogen-bond donors (Lipinski definition) is 1. The first-order valence-electron chi connectivity index (χ1n) is 4.72. The number of aliphatic hydroxyl groups excluding tert-OH is 1. The Bertz CT molecular complexity index is 367. The molecule has 15 heavy (non-hydrogen) atoms. The van der Waals surface area contributed by atoms with E-state index >= 15 is 0 Å². The van der Waals surface area contributed by atoms with Gasteiger partial charge in [-0.25, -0.2) is 0 Å². The number of rotatable bonds is 0. The average molecular weight is 220 g/mol. The van der Waals surface area contributed by atoms with Crippen LogP contribution in [0, 0.1) is 12.8 Å². The van der Waals surface area contributed by atoms with Gasteiger partial charge in [0.2, 0.25) is 0 Å². The third-order valence-corrected chi connectivity index (χ3v) is 2.73. The van der Waals surface area contributed by atoms with Gasteiger partial charge in [-0.15, -0.1) is 0 Å². The Kier molecular flexibility index (Phi) is 2.30. The van der Waals surface area contributed by atoms with Crippen molar-refractivity contribution in [3.8, 4) is 0 Å². The zero-order valence-corrected chi connectivity index (χ0v) is 8.14. The molecule has 2 nitrogen and oxygen atoms in total. The van der Waals surface area contributed by atoms with Crippen LogP contribution < -0.4 is 0 Å². The minimum atomic E-state index is -4.26. The summed E-state index contributed by atoms with van der Waals surface area (Å²) in [5.74, 6) is -0.680. The van der Waals surface area contributed by atoms with Crippen LogP contribution in [0.5, 0.6) is 0 Å². The summed E-state index contributed by atoms with van der Waals surface area (Å²) in [4.78, 5) is 0. The topological polar surface area (TPSA) is 33.4 Å². The smallest absolute Gasteiger partial charge is 0.392 e. The third kappa shape index (κ3) is 1.88. The van der Waals surface area contributed by atoms with E-state index in [1.165, 1.54) is 0 Å². The molecule has 0 spiro atoms. The average Bonchev–Trinajstić information content (AvgIpc) is 2.44. The van der Waals surface area contributed by atoms with E-state index < -0.39 is 18.2 Å². The minimum absolute atomic E-state index is 0.163. The zero-order chi connectivity index (χ0) is 11.2. The van der Waals surface area contributed by atoms with Crippen LogP contribution >= 0.6 is 0 Å². The molecular formula is C10H11F3O2. The summed E-state index contributed by atoms with van der Waals surface area (Å²) in [5.41, 5.74) is 0.507. The van der Waals surface area contributed by atoms with Gasteiger partial charge in [0.25, 0.3) is 0 Å². The van der Waals surface area contributed by atoms with Crippen LogP contribution in [-0.4, -0.2) is 11.3 Å². The number of alkyl halides is 3. The van der Waals surface area contributed by atoms with Gasteiger partial charge in [-0.1, -0.05) is 0 Å². The highest BCUT2D eigenvalue weighted by atomic mass is 19.4. The molecule has 0 unspecified atom stereocenters. The maximum absolute atomic E-state index is 12.5. The number of aryl methyl sites for hydroxylation is 1. The summed E-state index contributed by atoms with van der Waals surface area (Å²) in [6.45, 7) is 1.66. The molecule has 0 saturated carbocycles. The van der Waals surface area contributed by atoms with E-state index in [4.69, 9.17) is 4.42 Å². The first-order valence-corrected chi connectivity index (χ1v) is 4.72. The van der Waals surface area contributed by atoms with Crippen LogP contribution in [-0.2, 0) is 6.42 Å². The Morgan fingerprint density at radius 2 is 2.13 bits per heavy atom. The summed E-state index contributed by atoms with van der Waals surface area (Å²) in [6.07, 6.45) is -5.75. The summed E-state index contributed by atoms with van der Waals surface area (Å²) in [5, 5.41) is 9.55. The highest BCUT2D eigenvalue weighted by molar-refractivity contribution is 5.26. The van der Waals surface area contributed by atoms with E-state index in [9.17, 15) is 18.3 Å². The molecule has 0 bridgehead atoms. The van der Waals surface area contributed by atoms with Gasteiger partial charge in [0.05, 0.1) is 12.0 Å². The lowest BCUT2D eigenvalue weighted by Gasteiger charge is -2.26. The molecule has 0 radical (unpaired) electrons. The molecule has 2 rings (SSSR count). The van der Waals surface area contributed by atoms with Crippen molar-refractivity contribution in [2.45, 2.75) is 32.0 Å². The summed E-state index contributed by atoms with van der Waals surface area (Å²) in [7, 11) is 0. The first-order chi connectivity index (χ1) is 6.88. The maximum atomic E-state index is 12.5. The standard InChI is InChI=1S/C10H11F3O2/c1-5-2-7-8(14)3-6(10(11,12)13)4-9(7)15-5/h2,6,8,14H,3-4H2,1H3/t6-,8-/m0/s1. The first kappa shape index (κ1) is 10.5. The number of hydrogen-bond acceptors (Lipinski definition) is 2. The molecular weight excluding hydrogens is 209 g/mol. The molecule has 0 amide bonds. The van der Waals surface area contributed by atoms with E-state index in [-0.39, 0.29) is 18.6 Å². The van der Waals surface area contributed by atoms with Gasteiger partial charge in [0, 0.05) is 12.0 Å². The van der Waals surface area contributed by atoms with Crippen LogP contribution in [0.3, 0.4) is 0 Å². The maximum Gasteiger partial charge on any atom is 0.392 e. The van der Waals surface area contributed by atoms with Crippen LogP contribution in [0.2, 0.25) is 0 Å². The van der Waals surface area contributed by atoms with Gasteiger partial charge >= 0.3 is 6.18 Å². The molecule has 0 fully saturated rings. The fourth-order valence-electron chi connectivity index (χ4n) is 1.98. The lowest BCUT2D eigenvalue weighted by Crippen LogP contribution is -2.30. The normalized spacial score (nSPS) is 26.5. The Morgan fingerprint density at radius 1 is 1.47 bits per heavy atom. The van der Waals surface area contributed by atoms with Gasteiger partial charge in [-0.3, -0.25) is 0 Å². The molecule has 1 aromatic heterocycles. The predicted octanol–water partition coefficient (Wildman–Crippen LogP) is 2.75. The Hall–Kier alpha value is -0.970. The van der Waals surface area contributed by atoms with Crippen molar-refractivity contribution in [3.05, 3.63) is 23.2 Å². The van der Waals surface area contributed by atoms with E-state index in [0.717, 1.165) is 0 Å². The molecule has 1 aliphatic rings. The highest BCUT2D eigenvalue weighted by Gasteiger charge is 2.44. The second-order valence-electron chi connectivity index (χ2n) is 3.93. The van der Waals surface area contributed by atoms with E-state index in [2.05, 4.69) is 0 Å². The Balaban J connectivity index is 2.30. The van der Waals surface area contributed by atoms with E-state index in [0.29, 0.717) is 11.3 Å². The van der Waals surface area contributed by atoms with Crippen LogP contribution in [0.15, 0.2) is 10.5 Å². The van der Waals surface area contributed by atoms with Crippen molar-refractivity contribution in [1.29, 1.82) is 0 Å². The SMILES string of the molecule is Cc1cc2c(o1)C[C@@H](C(F)(F)F)C[C@@H]2O. The van der Waals surface area contributed by atoms with Gasteiger partial charge in [-0.05, 0) is 19.4 Å². The van der Waals surface area contributed by atoms with Crippen LogP contribution in [0.25, 0.3) is 0 Å². The van der Waals surface area contributed by atoms with E-state index in [1.54, 1.807) is 13.0 Å². The lowest BCUT2D eigenvalue weighted by atomic mass is 9.86. The number of halogens is 3. The summed E-state index contributed by atoms with van der Waals surface area (Å²) < 4.78 is 42.5. The van der Waals surface area contributed by atoms with Crippen molar-refractivity contribution in [3.63, 3.8) is 0 Å². The highest BCUT2D eigenvalue weighted by Crippen LogP contribution is 2.42. The van der Waals surface area contributed by atoms with Gasteiger partial charge in [-0.2, -0.15) is 13.2 Å². The fraction of sp³-hybridized carbons (Fsp3) is 0.600. The molecule has 1 aliphatic carbocycles. The van der Waals surface area contributed by atoms with Crippen molar-refractivity contribution in [2.24, 2.45) is 5.92 Å². The molecule has 0 aromatic carbocycles. The summed E-state index contributed by atoms with van der Waals surface area (Å²) >= 11 is 0. The van der Waals surface area contributed by atoms with Crippen molar-refractivity contribution in [2.75, 3.05) is 0 Å². The van der Waals surface area contributed by atoms with Gasteiger partial charge in [0.1, 0.15) is 11.5 Å². The van der Waals surface area contributed by atoms with E-state index in [1.807, 2.05) is 0 Å². The Morgan fingerprint density at radius 3 is 2.73 bits per heavy atom. The van der Waals surface area contributed by atoms with Gasteiger partial charge in [0.15, 0.2) is 0 Å².